The molecule has 1 amide bonds. The average molecular weight is 468 g/mol. The van der Waals surface area contributed by atoms with Gasteiger partial charge in [-0.2, -0.15) is 10.1 Å². The van der Waals surface area contributed by atoms with E-state index < -0.39 is 0 Å². The van der Waals surface area contributed by atoms with Crippen LogP contribution in [0.1, 0.15) is 64.1 Å². The summed E-state index contributed by atoms with van der Waals surface area (Å²) in [6.45, 7) is 4.50. The third-order valence-electron chi connectivity index (χ3n) is 6.88. The lowest BCUT2D eigenvalue weighted by atomic mass is 9.87. The second-order valence-corrected chi connectivity index (χ2v) is 9.28. The topological polar surface area (TPSA) is 120 Å². The van der Waals surface area contributed by atoms with Crippen LogP contribution in [0.4, 0.5) is 5.69 Å². The van der Waals surface area contributed by atoms with E-state index in [-0.39, 0.29) is 18.5 Å². The number of carbonyl (C=O) groups is 1. The molecule has 2 N–H and O–H groups in total. The molecular weight excluding hydrogens is 434 g/mol. The van der Waals surface area contributed by atoms with E-state index in [1.165, 1.54) is 19.3 Å². The van der Waals surface area contributed by atoms with Crippen LogP contribution >= 0.6 is 0 Å². The molecule has 10 nitrogen and oxygen atoms in total. The Morgan fingerprint density at radius 2 is 1.97 bits per heavy atom. The minimum absolute atomic E-state index is 0.0511. The molecule has 182 valence electrons. The van der Waals surface area contributed by atoms with E-state index >= 15 is 0 Å². The molecule has 34 heavy (non-hydrogen) atoms. The average Bonchev–Trinajstić information content (AvgIpc) is 3.51. The molecule has 0 aromatic carbocycles. The second-order valence-electron chi connectivity index (χ2n) is 9.28. The van der Waals surface area contributed by atoms with E-state index in [2.05, 4.69) is 30.9 Å². The SMILES string of the molecule is CCn1ncc2c(NC3CCOCC3)c(-c3nc(CNC(=O)CC4CCCCC4)no3)cnc21. The number of amides is 1. The maximum Gasteiger partial charge on any atom is 0.261 e. The Kier molecular flexibility index (Phi) is 7.03. The van der Waals surface area contributed by atoms with Gasteiger partial charge in [-0.15, -0.1) is 0 Å². The van der Waals surface area contributed by atoms with Gasteiger partial charge < -0.3 is 19.9 Å². The molecule has 0 spiro atoms. The maximum absolute atomic E-state index is 12.4. The van der Waals surface area contributed by atoms with Gasteiger partial charge in [0.15, 0.2) is 11.5 Å². The highest BCUT2D eigenvalue weighted by molar-refractivity contribution is 5.96. The van der Waals surface area contributed by atoms with E-state index in [0.717, 1.165) is 67.7 Å². The largest absolute Gasteiger partial charge is 0.381 e. The first-order chi connectivity index (χ1) is 16.7. The smallest absolute Gasteiger partial charge is 0.261 e. The van der Waals surface area contributed by atoms with Crippen molar-refractivity contribution in [2.75, 3.05) is 18.5 Å². The molecule has 0 radical (unpaired) electrons. The Morgan fingerprint density at radius 1 is 1.15 bits per heavy atom. The lowest BCUT2D eigenvalue weighted by Gasteiger charge is -2.25. The van der Waals surface area contributed by atoms with Crippen LogP contribution in [-0.2, 0) is 22.6 Å². The Bertz CT molecular complexity index is 1110. The van der Waals surface area contributed by atoms with Gasteiger partial charge in [-0.05, 0) is 38.5 Å². The highest BCUT2D eigenvalue weighted by Crippen LogP contribution is 2.34. The van der Waals surface area contributed by atoms with Gasteiger partial charge >= 0.3 is 0 Å². The first-order valence-electron chi connectivity index (χ1n) is 12.5. The maximum atomic E-state index is 12.4. The summed E-state index contributed by atoms with van der Waals surface area (Å²) in [6.07, 6.45) is 12.1. The van der Waals surface area contributed by atoms with Gasteiger partial charge in [-0.1, -0.05) is 24.4 Å². The fraction of sp³-hybridized carbons (Fsp3) is 0.625. The van der Waals surface area contributed by atoms with E-state index in [9.17, 15) is 4.79 Å². The molecule has 1 aliphatic carbocycles. The fourth-order valence-electron chi connectivity index (χ4n) is 4.96. The van der Waals surface area contributed by atoms with E-state index in [1.807, 2.05) is 17.8 Å². The number of nitrogens with one attached hydrogen (secondary N) is 2. The van der Waals surface area contributed by atoms with Crippen LogP contribution in [0.15, 0.2) is 16.9 Å². The van der Waals surface area contributed by atoms with Crippen LogP contribution in [0, 0.1) is 5.92 Å². The van der Waals surface area contributed by atoms with Gasteiger partial charge in [0.2, 0.25) is 5.91 Å². The number of rotatable bonds is 8. The zero-order chi connectivity index (χ0) is 23.3. The van der Waals surface area contributed by atoms with Crippen molar-refractivity contribution in [2.45, 2.75) is 77.4 Å². The number of pyridine rings is 1. The number of nitrogens with zero attached hydrogens (tertiary/aromatic N) is 5. The molecule has 3 aromatic rings. The van der Waals surface area contributed by atoms with E-state index in [4.69, 9.17) is 9.26 Å². The number of aryl methyl sites for hydroxylation is 1. The van der Waals surface area contributed by atoms with Crippen molar-refractivity contribution in [3.05, 3.63) is 18.2 Å². The summed E-state index contributed by atoms with van der Waals surface area (Å²) in [4.78, 5) is 21.6. The molecule has 0 bridgehead atoms. The van der Waals surface area contributed by atoms with Crippen molar-refractivity contribution in [1.29, 1.82) is 0 Å². The fourth-order valence-corrected chi connectivity index (χ4v) is 4.96. The van der Waals surface area contributed by atoms with Crippen LogP contribution in [0.2, 0.25) is 0 Å². The summed E-state index contributed by atoms with van der Waals surface area (Å²) < 4.78 is 13.0. The minimum Gasteiger partial charge on any atom is -0.381 e. The number of hydrogen-bond acceptors (Lipinski definition) is 8. The Labute approximate surface area is 198 Å². The molecule has 10 heteroatoms. The van der Waals surface area contributed by atoms with Crippen molar-refractivity contribution >= 4 is 22.6 Å². The number of carbonyl (C=O) groups excluding carboxylic acids is 1. The number of fused-ring (bicyclic) bond motifs is 1. The summed E-state index contributed by atoms with van der Waals surface area (Å²) in [5.41, 5.74) is 2.45. The second kappa shape index (κ2) is 10.5. The van der Waals surface area contributed by atoms with E-state index in [1.54, 1.807) is 6.20 Å². The highest BCUT2D eigenvalue weighted by atomic mass is 16.5. The Hall–Kier alpha value is -3.01. The van der Waals surface area contributed by atoms with Crippen molar-refractivity contribution in [3.63, 3.8) is 0 Å². The predicted molar refractivity (Wildman–Crippen MR) is 127 cm³/mol. The molecule has 2 fully saturated rings. The van der Waals surface area contributed by atoms with Gasteiger partial charge in [-0.25, -0.2) is 9.67 Å². The molecule has 4 heterocycles. The molecule has 1 saturated heterocycles. The van der Waals surface area contributed by atoms with Crippen LogP contribution in [0.3, 0.4) is 0 Å². The number of ether oxygens (including phenoxy) is 1. The lowest BCUT2D eigenvalue weighted by molar-refractivity contribution is -0.122. The van der Waals surface area contributed by atoms with Gasteiger partial charge in [0.05, 0.1) is 29.4 Å². The lowest BCUT2D eigenvalue weighted by Crippen LogP contribution is -2.28. The Balaban J connectivity index is 1.33. The van der Waals surface area contributed by atoms with Crippen molar-refractivity contribution in [3.8, 4) is 11.5 Å². The summed E-state index contributed by atoms with van der Waals surface area (Å²) in [5.74, 6) is 1.38. The predicted octanol–water partition coefficient (Wildman–Crippen LogP) is 3.68. The normalized spacial score (nSPS) is 17.8. The van der Waals surface area contributed by atoms with Crippen molar-refractivity contribution in [1.82, 2.24) is 30.2 Å². The third-order valence-corrected chi connectivity index (χ3v) is 6.88. The van der Waals surface area contributed by atoms with Gasteiger partial charge in [-0.3, -0.25) is 4.79 Å². The summed E-state index contributed by atoms with van der Waals surface area (Å²) in [7, 11) is 0. The minimum atomic E-state index is 0.0511. The quantitative estimate of drug-likeness (QED) is 0.515. The molecule has 0 unspecified atom stereocenters. The van der Waals surface area contributed by atoms with Crippen LogP contribution in [-0.4, -0.2) is 50.1 Å². The summed E-state index contributed by atoms with van der Waals surface area (Å²) in [6, 6.07) is 0.282. The van der Waals surface area contributed by atoms with Gasteiger partial charge in [0.1, 0.15) is 0 Å². The standard InChI is InChI=1S/C24H33N7O3/c1-2-31-23-18(14-27-31)22(28-17-8-10-33-11-9-17)19(13-26-23)24-29-20(30-34-24)15-25-21(32)12-16-6-4-3-5-7-16/h13-14,16-17H,2-12,15H2,1H3,(H,25,32)(H,26,28). The first-order valence-corrected chi connectivity index (χ1v) is 12.5. The zero-order valence-corrected chi connectivity index (χ0v) is 19.8. The van der Waals surface area contributed by atoms with Crippen molar-refractivity contribution in [2.24, 2.45) is 5.92 Å². The summed E-state index contributed by atoms with van der Waals surface area (Å²) >= 11 is 0. The zero-order valence-electron chi connectivity index (χ0n) is 19.8. The van der Waals surface area contributed by atoms with E-state index in [0.29, 0.717) is 24.1 Å². The molecule has 0 atom stereocenters. The number of hydrogen-bond donors (Lipinski definition) is 2. The highest BCUT2D eigenvalue weighted by Gasteiger charge is 2.23. The third kappa shape index (κ3) is 5.06. The van der Waals surface area contributed by atoms with Gasteiger partial charge in [0, 0.05) is 38.4 Å². The monoisotopic (exact) mass is 467 g/mol. The molecule has 5 rings (SSSR count). The summed E-state index contributed by atoms with van der Waals surface area (Å²) in [5, 5.41) is 16.1. The van der Waals surface area contributed by atoms with Crippen LogP contribution in [0.5, 0.6) is 0 Å². The van der Waals surface area contributed by atoms with Crippen LogP contribution in [0.25, 0.3) is 22.5 Å². The molecular formula is C24H33N7O3. The van der Waals surface area contributed by atoms with Crippen LogP contribution < -0.4 is 10.6 Å². The van der Waals surface area contributed by atoms with Gasteiger partial charge in [0.25, 0.3) is 5.89 Å². The number of anilines is 1. The molecule has 1 aliphatic heterocycles. The molecule has 2 aliphatic rings. The molecule has 1 saturated carbocycles. The number of aromatic nitrogens is 5. The Morgan fingerprint density at radius 3 is 2.76 bits per heavy atom. The van der Waals surface area contributed by atoms with Crippen molar-refractivity contribution < 1.29 is 14.1 Å². The first kappa shape index (κ1) is 22.8. The molecule has 3 aromatic heterocycles.